The monoisotopic (exact) mass is 384 g/mol. The summed E-state index contributed by atoms with van der Waals surface area (Å²) in [4.78, 5) is 13.0. The second-order valence-electron chi connectivity index (χ2n) is 9.26. The third kappa shape index (κ3) is 2.70. The molecule has 0 aromatic rings. The van der Waals surface area contributed by atoms with E-state index in [1.807, 2.05) is 6.92 Å². The summed E-state index contributed by atoms with van der Waals surface area (Å²) in [5, 5.41) is 10.0. The molecule has 4 aliphatic rings. The van der Waals surface area contributed by atoms with Crippen molar-refractivity contribution in [2.24, 2.45) is 28.6 Å². The maximum absolute atomic E-state index is 13.0. The summed E-state index contributed by atoms with van der Waals surface area (Å²) < 4.78 is 36.6. The van der Waals surface area contributed by atoms with Crippen molar-refractivity contribution in [2.45, 2.75) is 71.0 Å². The third-order valence-corrected chi connectivity index (χ3v) is 8.55. The number of aliphatic hydroxyl groups excluding tert-OH is 1. The van der Waals surface area contributed by atoms with Gasteiger partial charge in [-0.05, 0) is 73.7 Å². The van der Waals surface area contributed by atoms with Crippen molar-refractivity contribution in [2.75, 3.05) is 0 Å². The van der Waals surface area contributed by atoms with Gasteiger partial charge in [-0.2, -0.15) is 8.42 Å². The molecule has 0 radical (unpaired) electrons. The summed E-state index contributed by atoms with van der Waals surface area (Å²) in [6.45, 7) is 4.24. The van der Waals surface area contributed by atoms with Crippen LogP contribution in [0.5, 0.6) is 0 Å². The summed E-state index contributed by atoms with van der Waals surface area (Å²) in [7, 11) is -4.50. The predicted octanol–water partition coefficient (Wildman–Crippen LogP) is 2.68. The summed E-state index contributed by atoms with van der Waals surface area (Å²) in [6.07, 6.45) is 6.01. The van der Waals surface area contributed by atoms with E-state index in [0.717, 1.165) is 37.7 Å². The molecule has 6 nitrogen and oxygen atoms in total. The lowest BCUT2D eigenvalue weighted by Gasteiger charge is -2.56. The van der Waals surface area contributed by atoms with Crippen LogP contribution in [-0.2, 0) is 19.4 Å². The molecule has 0 spiro atoms. The molecular formula is C19H28O6S. The molecule has 146 valence electrons. The Morgan fingerprint density at radius 2 is 1.85 bits per heavy atom. The molecule has 26 heavy (non-hydrogen) atoms. The van der Waals surface area contributed by atoms with Crippen molar-refractivity contribution in [1.82, 2.24) is 0 Å². The second kappa shape index (κ2) is 5.87. The van der Waals surface area contributed by atoms with Crippen LogP contribution in [0, 0.1) is 28.6 Å². The lowest BCUT2D eigenvalue weighted by Crippen LogP contribution is -2.54. The normalized spacial score (nSPS) is 48.4. The molecule has 4 rings (SSSR count). The fourth-order valence-electron chi connectivity index (χ4n) is 6.64. The molecule has 3 fully saturated rings. The van der Waals surface area contributed by atoms with Crippen molar-refractivity contribution >= 4 is 16.2 Å². The molecule has 7 heteroatoms. The Labute approximate surface area is 155 Å². The van der Waals surface area contributed by atoms with Crippen LogP contribution in [0.15, 0.2) is 11.6 Å². The van der Waals surface area contributed by atoms with Gasteiger partial charge in [-0.1, -0.05) is 19.4 Å². The maximum atomic E-state index is 13.0. The first-order valence-corrected chi connectivity index (χ1v) is 11.0. The van der Waals surface area contributed by atoms with E-state index in [9.17, 15) is 18.3 Å². The van der Waals surface area contributed by atoms with Gasteiger partial charge in [0.05, 0.1) is 12.2 Å². The molecule has 0 unspecified atom stereocenters. The van der Waals surface area contributed by atoms with Crippen LogP contribution in [0.2, 0.25) is 0 Å². The molecule has 3 saturated carbocycles. The van der Waals surface area contributed by atoms with Crippen molar-refractivity contribution in [3.05, 3.63) is 11.6 Å². The van der Waals surface area contributed by atoms with Gasteiger partial charge in [0, 0.05) is 5.92 Å². The average Bonchev–Trinajstić information content (AvgIpc) is 2.84. The predicted molar refractivity (Wildman–Crippen MR) is 94.5 cm³/mol. The number of aliphatic hydroxyl groups is 1. The zero-order valence-corrected chi connectivity index (χ0v) is 16.2. The molecule has 4 aliphatic carbocycles. The average molecular weight is 384 g/mol. The largest absolute Gasteiger partial charge is 0.397 e. The van der Waals surface area contributed by atoms with Crippen LogP contribution in [0.25, 0.3) is 0 Å². The quantitative estimate of drug-likeness (QED) is 0.710. The van der Waals surface area contributed by atoms with Crippen LogP contribution in [0.4, 0.5) is 0 Å². The molecule has 0 aliphatic heterocycles. The molecule has 0 aromatic heterocycles. The number of carbonyl (C=O) groups excluding carboxylic acids is 1. The maximum Gasteiger partial charge on any atom is 0.397 e. The van der Waals surface area contributed by atoms with Crippen LogP contribution in [-0.4, -0.2) is 36.1 Å². The minimum absolute atomic E-state index is 0.0544. The van der Waals surface area contributed by atoms with Crippen LogP contribution < -0.4 is 0 Å². The minimum Gasteiger partial charge on any atom is -0.393 e. The number of allylic oxidation sites excluding steroid dienone is 1. The highest BCUT2D eigenvalue weighted by molar-refractivity contribution is 7.80. The van der Waals surface area contributed by atoms with Gasteiger partial charge in [0.1, 0.15) is 0 Å². The van der Waals surface area contributed by atoms with Gasteiger partial charge >= 0.3 is 10.4 Å². The van der Waals surface area contributed by atoms with E-state index in [4.69, 9.17) is 8.74 Å². The SMILES string of the molecule is C[C@]12CC[C@H]3[C@@H](C(=O)C=C4C[C@@H](O)CC[C@@]43C)[C@@H]1CC[C@@H]2OS(=O)(=O)O. The molecule has 0 heterocycles. The molecule has 0 aromatic carbocycles. The van der Waals surface area contributed by atoms with Crippen molar-refractivity contribution in [3.8, 4) is 0 Å². The number of hydrogen-bond donors (Lipinski definition) is 2. The van der Waals surface area contributed by atoms with E-state index in [1.54, 1.807) is 6.08 Å². The zero-order valence-electron chi connectivity index (χ0n) is 15.3. The van der Waals surface area contributed by atoms with Gasteiger partial charge < -0.3 is 5.11 Å². The number of hydrogen-bond acceptors (Lipinski definition) is 5. The smallest absolute Gasteiger partial charge is 0.393 e. The van der Waals surface area contributed by atoms with Crippen molar-refractivity contribution in [1.29, 1.82) is 0 Å². The van der Waals surface area contributed by atoms with E-state index in [0.29, 0.717) is 12.8 Å². The first-order chi connectivity index (χ1) is 12.0. The Morgan fingerprint density at radius 1 is 1.12 bits per heavy atom. The van der Waals surface area contributed by atoms with E-state index < -0.39 is 21.9 Å². The highest BCUT2D eigenvalue weighted by Gasteiger charge is 2.61. The van der Waals surface area contributed by atoms with Gasteiger partial charge in [0.25, 0.3) is 0 Å². The molecule has 0 saturated heterocycles. The third-order valence-electron chi connectivity index (χ3n) is 8.07. The zero-order chi connectivity index (χ0) is 18.9. The van der Waals surface area contributed by atoms with Gasteiger partial charge in [0.15, 0.2) is 5.78 Å². The lowest BCUT2D eigenvalue weighted by molar-refractivity contribution is -0.135. The number of fused-ring (bicyclic) bond motifs is 5. The van der Waals surface area contributed by atoms with Crippen LogP contribution in [0.1, 0.15) is 58.8 Å². The van der Waals surface area contributed by atoms with Crippen LogP contribution >= 0.6 is 0 Å². The fraction of sp³-hybridized carbons (Fsp3) is 0.842. The lowest BCUT2D eigenvalue weighted by atomic mass is 9.47. The second-order valence-corrected chi connectivity index (χ2v) is 10.3. The minimum atomic E-state index is -4.50. The molecule has 0 amide bonds. The highest BCUT2D eigenvalue weighted by atomic mass is 32.3. The van der Waals surface area contributed by atoms with E-state index >= 15 is 0 Å². The number of rotatable bonds is 2. The standard InChI is InChI=1S/C19H28O6S/c1-18-7-5-12(20)9-11(18)10-15(21)17-13-3-4-16(25-26(22,23)24)19(13,2)8-6-14(17)18/h10,12-14,16-17,20H,3-9H2,1-2H3,(H,22,23,24)/t12-,13-,14-,16-,17-,18-,19-/m0/s1. The first-order valence-electron chi connectivity index (χ1n) is 9.63. The Bertz CT molecular complexity index is 758. The molecule has 2 N–H and O–H groups in total. The van der Waals surface area contributed by atoms with Crippen molar-refractivity contribution in [3.63, 3.8) is 0 Å². The van der Waals surface area contributed by atoms with Gasteiger partial charge in [0.2, 0.25) is 0 Å². The van der Waals surface area contributed by atoms with Gasteiger partial charge in [-0.3, -0.25) is 9.35 Å². The number of carbonyl (C=O) groups is 1. The summed E-state index contributed by atoms with van der Waals surface area (Å²) in [6, 6.07) is 0. The molecule has 7 atom stereocenters. The highest BCUT2D eigenvalue weighted by Crippen LogP contribution is 2.64. The van der Waals surface area contributed by atoms with E-state index in [1.165, 1.54) is 0 Å². The first kappa shape index (κ1) is 18.6. The topological polar surface area (TPSA) is 101 Å². The summed E-state index contributed by atoms with van der Waals surface area (Å²) in [5.41, 5.74) is 0.624. The number of ketones is 1. The molecule has 0 bridgehead atoms. The fourth-order valence-corrected chi connectivity index (χ4v) is 7.25. The van der Waals surface area contributed by atoms with E-state index in [2.05, 4.69) is 6.92 Å². The summed E-state index contributed by atoms with van der Waals surface area (Å²) in [5.74, 6) is 0.319. The van der Waals surface area contributed by atoms with Gasteiger partial charge in [-0.25, -0.2) is 4.18 Å². The Hall–Kier alpha value is -0.760. The van der Waals surface area contributed by atoms with Crippen LogP contribution in [0.3, 0.4) is 0 Å². The van der Waals surface area contributed by atoms with E-state index in [-0.39, 0.29) is 35.1 Å². The Kier molecular flexibility index (Phi) is 4.20. The Balaban J connectivity index is 1.68. The van der Waals surface area contributed by atoms with Crippen molar-refractivity contribution < 1.29 is 27.1 Å². The summed E-state index contributed by atoms with van der Waals surface area (Å²) >= 11 is 0. The Morgan fingerprint density at radius 3 is 2.54 bits per heavy atom. The van der Waals surface area contributed by atoms with Gasteiger partial charge in [-0.15, -0.1) is 0 Å². The molecular weight excluding hydrogens is 356 g/mol.